The van der Waals surface area contributed by atoms with Crippen LogP contribution in [-0.2, 0) is 22.8 Å². The Kier molecular flexibility index (Phi) is 7.79. The molecule has 9 atom stereocenters. The van der Waals surface area contributed by atoms with Crippen LogP contribution in [0, 0.1) is 34.0 Å². The van der Waals surface area contributed by atoms with Crippen LogP contribution < -0.4 is 0 Å². The third-order valence-electron chi connectivity index (χ3n) is 10.2. The van der Waals surface area contributed by atoms with E-state index in [1.54, 1.807) is 7.11 Å². The number of esters is 1. The fourth-order valence-corrected chi connectivity index (χ4v) is 12.8. The number of hydrogen-bond donors (Lipinski definition) is 0. The molecule has 4 saturated carbocycles. The van der Waals surface area contributed by atoms with Gasteiger partial charge < -0.3 is 18.0 Å². The first-order valence-corrected chi connectivity index (χ1v) is 25.2. The summed E-state index contributed by atoms with van der Waals surface area (Å²) in [7, 11) is -4.14. The van der Waals surface area contributed by atoms with Gasteiger partial charge in [0.25, 0.3) is 0 Å². The summed E-state index contributed by atoms with van der Waals surface area (Å²) < 4.78 is 27.1. The summed E-state index contributed by atoms with van der Waals surface area (Å²) >= 11 is 0. The van der Waals surface area contributed by atoms with E-state index in [2.05, 4.69) is 79.3 Å². The Morgan fingerprint density at radius 3 is 2.00 bits per heavy atom. The molecule has 0 aromatic heterocycles. The van der Waals surface area contributed by atoms with E-state index in [1.165, 1.54) is 5.57 Å². The molecular formula is C30H56O5Si3. The molecule has 0 heterocycles. The molecule has 4 fully saturated rings. The zero-order valence-corrected chi connectivity index (χ0v) is 29.5. The van der Waals surface area contributed by atoms with Gasteiger partial charge in [-0.3, -0.25) is 4.79 Å². The first-order chi connectivity index (χ1) is 17.2. The second kappa shape index (κ2) is 9.65. The van der Waals surface area contributed by atoms with Crippen LogP contribution in [0.15, 0.2) is 12.2 Å². The van der Waals surface area contributed by atoms with E-state index in [-0.39, 0.29) is 41.0 Å². The smallest absolute Gasteiger partial charge is 0.311 e. The number of carbonyl (C=O) groups is 1. The largest absolute Gasteiger partial charge is 0.469 e. The molecule has 0 aromatic carbocycles. The summed E-state index contributed by atoms with van der Waals surface area (Å²) in [4.78, 5) is 13.7. The number of fused-ring (bicyclic) bond motifs is 3. The van der Waals surface area contributed by atoms with Crippen molar-refractivity contribution < 1.29 is 22.8 Å². The summed E-state index contributed by atoms with van der Waals surface area (Å²) in [5, 5.41) is 0. The molecule has 1 spiro atoms. The van der Waals surface area contributed by atoms with E-state index in [1.807, 2.05) is 0 Å². The molecule has 0 amide bonds. The van der Waals surface area contributed by atoms with Gasteiger partial charge in [0.15, 0.2) is 25.0 Å². The Bertz CT molecular complexity index is 949. The van der Waals surface area contributed by atoms with Crippen molar-refractivity contribution in [3.63, 3.8) is 0 Å². The van der Waals surface area contributed by atoms with Gasteiger partial charge in [0.2, 0.25) is 0 Å². The molecule has 4 rings (SSSR count). The number of methoxy groups -OCH3 is 1. The molecule has 218 valence electrons. The SMILES string of the molecule is C=C1C[C@@]23C[C@@H]1[C@@H](O[Si](C)(C)C)CC2[C@@]1(C)CCC[C@](C)(C(=O)OC)C1[C@H](O[Si](C)(C)C)[C@@H]3O[Si](C)(C)C. The predicted molar refractivity (Wildman–Crippen MR) is 163 cm³/mol. The van der Waals surface area contributed by atoms with Crippen molar-refractivity contribution in [1.82, 2.24) is 0 Å². The molecule has 0 radical (unpaired) electrons. The topological polar surface area (TPSA) is 54.0 Å². The maximum Gasteiger partial charge on any atom is 0.311 e. The van der Waals surface area contributed by atoms with Gasteiger partial charge in [0.1, 0.15) is 0 Å². The zero-order chi connectivity index (χ0) is 28.7. The molecule has 0 aliphatic heterocycles. The van der Waals surface area contributed by atoms with Crippen LogP contribution >= 0.6 is 0 Å². The third kappa shape index (κ3) is 5.24. The fourth-order valence-electron chi connectivity index (χ4n) is 9.47. The van der Waals surface area contributed by atoms with Crippen LogP contribution in [0.2, 0.25) is 58.9 Å². The molecule has 2 unspecified atom stereocenters. The number of hydrogen-bond acceptors (Lipinski definition) is 5. The van der Waals surface area contributed by atoms with Crippen LogP contribution in [0.4, 0.5) is 0 Å². The molecule has 4 aliphatic rings. The van der Waals surface area contributed by atoms with Gasteiger partial charge >= 0.3 is 5.97 Å². The first-order valence-electron chi connectivity index (χ1n) is 15.0. The lowest BCUT2D eigenvalue weighted by atomic mass is 9.39. The standard InChI is InChI=1S/C30H56O5Si3/c1-20-18-30-19-21(20)22(33-36(5,6)7)17-23(30)28(2)15-14-16-29(3,27(31)32-4)25(28)24(34-37(8,9)10)26(30)35-38(11,12)13/h21-26H,1,14-19H2,2-13H3/t21-,22-,23?,24-,25?,26-,28+,29-,30+/m0/s1. The molecule has 0 saturated heterocycles. The van der Waals surface area contributed by atoms with Crippen LogP contribution in [0.3, 0.4) is 0 Å². The monoisotopic (exact) mass is 580 g/mol. The maximum absolute atomic E-state index is 13.7. The Morgan fingerprint density at radius 1 is 0.895 bits per heavy atom. The minimum atomic E-state index is -1.99. The van der Waals surface area contributed by atoms with Crippen LogP contribution in [0.25, 0.3) is 0 Å². The van der Waals surface area contributed by atoms with Gasteiger partial charge in [0.05, 0.1) is 30.8 Å². The van der Waals surface area contributed by atoms with Gasteiger partial charge in [-0.2, -0.15) is 0 Å². The normalized spacial score (nSPS) is 43.4. The minimum Gasteiger partial charge on any atom is -0.469 e. The quantitative estimate of drug-likeness (QED) is 0.176. The highest BCUT2D eigenvalue weighted by Gasteiger charge is 2.74. The van der Waals surface area contributed by atoms with Crippen LogP contribution in [0.1, 0.15) is 52.4 Å². The highest BCUT2D eigenvalue weighted by Crippen LogP contribution is 2.73. The highest BCUT2D eigenvalue weighted by atomic mass is 28.4. The van der Waals surface area contributed by atoms with E-state index in [0.29, 0.717) is 11.8 Å². The van der Waals surface area contributed by atoms with Gasteiger partial charge in [0, 0.05) is 17.3 Å². The van der Waals surface area contributed by atoms with Gasteiger partial charge in [-0.05, 0) is 109 Å². The van der Waals surface area contributed by atoms with Crippen molar-refractivity contribution in [1.29, 1.82) is 0 Å². The lowest BCUT2D eigenvalue weighted by Crippen LogP contribution is -2.72. The number of carbonyl (C=O) groups excluding carboxylic acids is 1. The Hall–Kier alpha value is -0.259. The van der Waals surface area contributed by atoms with Crippen LogP contribution in [-0.4, -0.2) is 56.3 Å². The average Bonchev–Trinajstić information content (AvgIpc) is 3.02. The molecule has 8 heteroatoms. The van der Waals surface area contributed by atoms with E-state index in [4.69, 9.17) is 18.0 Å². The lowest BCUT2D eigenvalue weighted by molar-refractivity contribution is -0.252. The van der Waals surface area contributed by atoms with Gasteiger partial charge in [-0.15, -0.1) is 0 Å². The molecule has 0 aromatic rings. The average molecular weight is 581 g/mol. The van der Waals surface area contributed by atoms with Crippen molar-refractivity contribution in [2.45, 2.75) is 130 Å². The number of ether oxygens (including phenoxy) is 1. The van der Waals surface area contributed by atoms with Crippen molar-refractivity contribution in [3.8, 4) is 0 Å². The molecule has 38 heavy (non-hydrogen) atoms. The fraction of sp³-hybridized carbons (Fsp3) is 0.900. The third-order valence-corrected chi connectivity index (χ3v) is 13.2. The molecule has 5 nitrogen and oxygen atoms in total. The first kappa shape index (κ1) is 30.7. The summed E-state index contributed by atoms with van der Waals surface area (Å²) in [6, 6.07) is 0. The molecule has 0 N–H and O–H groups in total. The summed E-state index contributed by atoms with van der Waals surface area (Å²) in [5.74, 6) is 0.732. The Morgan fingerprint density at radius 2 is 1.47 bits per heavy atom. The summed E-state index contributed by atoms with van der Waals surface area (Å²) in [5.41, 5.74) is 0.656. The van der Waals surface area contributed by atoms with E-state index < -0.39 is 30.4 Å². The second-order valence-corrected chi connectivity index (χ2v) is 29.9. The summed E-state index contributed by atoms with van der Waals surface area (Å²) in [6.45, 7) is 30.0. The lowest BCUT2D eigenvalue weighted by Gasteiger charge is -2.69. The predicted octanol–water partition coefficient (Wildman–Crippen LogP) is 7.62. The van der Waals surface area contributed by atoms with E-state index in [9.17, 15) is 4.79 Å². The van der Waals surface area contributed by atoms with Crippen molar-refractivity contribution in [2.75, 3.05) is 7.11 Å². The Balaban J connectivity index is 1.95. The van der Waals surface area contributed by atoms with Crippen molar-refractivity contribution in [2.24, 2.45) is 34.0 Å². The highest BCUT2D eigenvalue weighted by molar-refractivity contribution is 6.70. The van der Waals surface area contributed by atoms with E-state index in [0.717, 1.165) is 38.5 Å². The number of rotatable bonds is 7. The summed E-state index contributed by atoms with van der Waals surface area (Å²) in [6.07, 6.45) is 6.13. The maximum atomic E-state index is 13.7. The minimum absolute atomic E-state index is 0.0226. The zero-order valence-electron chi connectivity index (χ0n) is 26.5. The molecule has 2 bridgehead atoms. The van der Waals surface area contributed by atoms with Gasteiger partial charge in [-0.1, -0.05) is 25.5 Å². The van der Waals surface area contributed by atoms with E-state index >= 15 is 0 Å². The van der Waals surface area contributed by atoms with Gasteiger partial charge in [-0.25, -0.2) is 0 Å². The second-order valence-electron chi connectivity index (χ2n) is 16.5. The molecule has 4 aliphatic carbocycles. The van der Waals surface area contributed by atoms with Crippen LogP contribution in [0.5, 0.6) is 0 Å². The van der Waals surface area contributed by atoms with Crippen molar-refractivity contribution >= 4 is 30.9 Å². The van der Waals surface area contributed by atoms with Crippen molar-refractivity contribution in [3.05, 3.63) is 12.2 Å². The molecular weight excluding hydrogens is 525 g/mol. The Labute approximate surface area is 236 Å².